The number of hydrogen-bond donors (Lipinski definition) is 0. The molecule has 1 aliphatic heterocycles. The summed E-state index contributed by atoms with van der Waals surface area (Å²) in [5.74, 6) is 1.25. The number of carbonyl (C=O) groups is 1. The highest BCUT2D eigenvalue weighted by atomic mass is 32.1. The lowest BCUT2D eigenvalue weighted by Gasteiger charge is -2.36. The predicted molar refractivity (Wildman–Crippen MR) is 105 cm³/mol. The van der Waals surface area contributed by atoms with Gasteiger partial charge in [-0.15, -0.1) is 10.2 Å². The van der Waals surface area contributed by atoms with E-state index in [4.69, 9.17) is 4.74 Å². The summed E-state index contributed by atoms with van der Waals surface area (Å²) in [4.78, 5) is 19.2. The van der Waals surface area contributed by atoms with Gasteiger partial charge in [0.1, 0.15) is 18.3 Å². The molecule has 1 unspecified atom stereocenters. The third-order valence-corrected chi connectivity index (χ3v) is 5.65. The number of hydrogen-bond acceptors (Lipinski definition) is 7. The first-order valence-corrected chi connectivity index (χ1v) is 10.3. The Morgan fingerprint density at radius 1 is 1.23 bits per heavy atom. The van der Waals surface area contributed by atoms with Gasteiger partial charge in [0, 0.05) is 25.3 Å². The largest absolute Gasteiger partial charge is 0.379 e. The van der Waals surface area contributed by atoms with Crippen molar-refractivity contribution in [3.63, 3.8) is 0 Å². The van der Waals surface area contributed by atoms with Gasteiger partial charge < -0.3 is 14.2 Å². The molecular formula is C19H20F2N6O2S. The summed E-state index contributed by atoms with van der Waals surface area (Å²) in [5, 5.41) is 9.28. The van der Waals surface area contributed by atoms with E-state index in [-0.39, 0.29) is 19.1 Å². The third-order valence-electron chi connectivity index (χ3n) is 4.85. The molecule has 158 valence electrons. The van der Waals surface area contributed by atoms with Gasteiger partial charge >= 0.3 is 0 Å². The van der Waals surface area contributed by atoms with Crippen LogP contribution in [0, 0.1) is 12.7 Å². The number of nitrogens with zero attached hydrogens (tertiary/aromatic N) is 6. The van der Waals surface area contributed by atoms with E-state index in [1.807, 2.05) is 11.5 Å². The summed E-state index contributed by atoms with van der Waals surface area (Å²) in [6.45, 7) is 2.41. The minimum atomic E-state index is -0.570. The van der Waals surface area contributed by atoms with Crippen molar-refractivity contribution in [3.05, 3.63) is 47.3 Å². The number of rotatable bonds is 7. The molecule has 0 aliphatic carbocycles. The van der Waals surface area contributed by atoms with Crippen LogP contribution in [0.3, 0.4) is 0 Å². The van der Waals surface area contributed by atoms with Crippen molar-refractivity contribution >= 4 is 17.4 Å². The zero-order valence-corrected chi connectivity index (χ0v) is 17.1. The van der Waals surface area contributed by atoms with Gasteiger partial charge in [-0.2, -0.15) is 4.37 Å². The number of ether oxygens (including phenoxy) is 1. The van der Waals surface area contributed by atoms with Crippen molar-refractivity contribution in [2.45, 2.75) is 25.9 Å². The van der Waals surface area contributed by atoms with Gasteiger partial charge in [0.15, 0.2) is 16.7 Å². The number of fused-ring (bicyclic) bond motifs is 1. The topological polar surface area (TPSA) is 86.0 Å². The fraction of sp³-hybridized carbons (Fsp3) is 0.421. The zero-order valence-electron chi connectivity index (χ0n) is 16.3. The van der Waals surface area contributed by atoms with Crippen molar-refractivity contribution in [1.82, 2.24) is 29.0 Å². The van der Waals surface area contributed by atoms with E-state index in [2.05, 4.69) is 19.6 Å². The Balaban J connectivity index is 1.64. The van der Waals surface area contributed by atoms with E-state index in [0.29, 0.717) is 47.6 Å². The molecule has 1 atom stereocenters. The van der Waals surface area contributed by atoms with Crippen molar-refractivity contribution < 1.29 is 18.3 Å². The van der Waals surface area contributed by atoms with Gasteiger partial charge in [-0.25, -0.2) is 13.8 Å². The van der Waals surface area contributed by atoms with E-state index < -0.39 is 18.5 Å². The van der Waals surface area contributed by atoms with Crippen LogP contribution in [0.2, 0.25) is 0 Å². The van der Waals surface area contributed by atoms with Crippen LogP contribution in [-0.4, -0.2) is 61.4 Å². The zero-order chi connectivity index (χ0) is 21.1. The van der Waals surface area contributed by atoms with E-state index in [9.17, 15) is 13.6 Å². The van der Waals surface area contributed by atoms with Gasteiger partial charge in [-0.05, 0) is 49.1 Å². The molecule has 30 heavy (non-hydrogen) atoms. The van der Waals surface area contributed by atoms with Crippen LogP contribution >= 0.6 is 11.5 Å². The molecule has 0 spiro atoms. The molecule has 0 saturated heterocycles. The first-order chi connectivity index (χ1) is 14.6. The summed E-state index contributed by atoms with van der Waals surface area (Å²) in [5.41, 5.74) is 0.388. The molecule has 8 nitrogen and oxygen atoms in total. The monoisotopic (exact) mass is 434 g/mol. The number of aryl methyl sites for hydroxylation is 1. The maximum absolute atomic E-state index is 13.3. The lowest BCUT2D eigenvalue weighted by Crippen LogP contribution is -2.43. The molecule has 1 aliphatic rings. The number of aromatic nitrogens is 5. The lowest BCUT2D eigenvalue weighted by molar-refractivity contribution is 0.0504. The van der Waals surface area contributed by atoms with Crippen LogP contribution < -0.4 is 0 Å². The summed E-state index contributed by atoms with van der Waals surface area (Å²) in [6.07, 6.45) is 0.431. The van der Waals surface area contributed by atoms with E-state index in [1.54, 1.807) is 4.90 Å². The minimum Gasteiger partial charge on any atom is -0.379 e. The van der Waals surface area contributed by atoms with Crippen molar-refractivity contribution in [1.29, 1.82) is 0 Å². The molecule has 11 heteroatoms. The number of alkyl halides is 1. The maximum atomic E-state index is 13.3. The number of benzene rings is 1. The van der Waals surface area contributed by atoms with Crippen molar-refractivity contribution in [3.8, 4) is 10.8 Å². The normalized spacial score (nSPS) is 16.0. The fourth-order valence-electron chi connectivity index (χ4n) is 3.47. The number of carbonyl (C=O) groups excluding carboxylic acids is 1. The molecule has 0 radical (unpaired) electrons. The molecule has 1 amide bonds. The Morgan fingerprint density at radius 3 is 2.73 bits per heavy atom. The Kier molecular flexibility index (Phi) is 6.09. The van der Waals surface area contributed by atoms with Crippen molar-refractivity contribution in [2.75, 3.05) is 26.4 Å². The maximum Gasteiger partial charge on any atom is 0.254 e. The van der Waals surface area contributed by atoms with Gasteiger partial charge in [0.25, 0.3) is 5.91 Å². The van der Waals surface area contributed by atoms with Crippen LogP contribution in [-0.2, 0) is 11.3 Å². The summed E-state index contributed by atoms with van der Waals surface area (Å²) in [7, 11) is 0. The van der Waals surface area contributed by atoms with E-state index in [0.717, 1.165) is 0 Å². The average Bonchev–Trinajstić information content (AvgIpc) is 3.37. The SMILES string of the molecule is Cc1nsc(-c2nnc3n2CCN(C(=O)c2ccc(F)cc2)C3CCOCCF)n1. The van der Waals surface area contributed by atoms with Crippen LogP contribution in [0.25, 0.3) is 10.8 Å². The fourth-order valence-corrected chi connectivity index (χ4v) is 4.13. The molecule has 0 fully saturated rings. The highest BCUT2D eigenvalue weighted by Gasteiger charge is 2.35. The number of halogens is 2. The van der Waals surface area contributed by atoms with Crippen molar-refractivity contribution in [2.24, 2.45) is 0 Å². The van der Waals surface area contributed by atoms with E-state index >= 15 is 0 Å². The molecule has 0 N–H and O–H groups in total. The minimum absolute atomic E-state index is 0.000626. The van der Waals surface area contributed by atoms with Crippen LogP contribution in [0.15, 0.2) is 24.3 Å². The Bertz CT molecular complexity index is 1020. The molecule has 0 bridgehead atoms. The predicted octanol–water partition coefficient (Wildman–Crippen LogP) is 2.82. The molecule has 3 heterocycles. The van der Waals surface area contributed by atoms with Gasteiger partial charge in [0.05, 0.1) is 12.6 Å². The first kappa shape index (κ1) is 20.5. The molecule has 0 saturated carbocycles. The average molecular weight is 434 g/mol. The Hall–Kier alpha value is -2.79. The van der Waals surface area contributed by atoms with Crippen LogP contribution in [0.4, 0.5) is 8.78 Å². The molecular weight excluding hydrogens is 414 g/mol. The second-order valence-electron chi connectivity index (χ2n) is 6.79. The third kappa shape index (κ3) is 4.08. The Morgan fingerprint density at radius 2 is 2.03 bits per heavy atom. The van der Waals surface area contributed by atoms with Gasteiger partial charge in [0.2, 0.25) is 0 Å². The standard InChI is InChI=1S/C19H20F2N6O2S/c1-12-22-18(30-25-12)17-24-23-16-15(6-10-29-11-7-20)26(8-9-27(16)17)19(28)13-2-4-14(21)5-3-13/h2-5,15H,6-11H2,1H3. The molecule has 1 aromatic carbocycles. The molecule has 3 aromatic rings. The summed E-state index contributed by atoms with van der Waals surface area (Å²) < 4.78 is 37.1. The highest BCUT2D eigenvalue weighted by Crippen LogP contribution is 2.32. The summed E-state index contributed by atoms with van der Waals surface area (Å²) >= 11 is 1.24. The first-order valence-electron chi connectivity index (χ1n) is 9.52. The van der Waals surface area contributed by atoms with Crippen LogP contribution in [0.5, 0.6) is 0 Å². The Labute approximate surface area is 175 Å². The molecule has 2 aromatic heterocycles. The van der Waals surface area contributed by atoms with Gasteiger partial charge in [-0.3, -0.25) is 4.79 Å². The lowest BCUT2D eigenvalue weighted by atomic mass is 10.1. The molecule has 4 rings (SSSR count). The van der Waals surface area contributed by atoms with Crippen LogP contribution in [0.1, 0.15) is 34.5 Å². The second-order valence-corrected chi connectivity index (χ2v) is 7.54. The smallest absolute Gasteiger partial charge is 0.254 e. The van der Waals surface area contributed by atoms with Gasteiger partial charge in [-0.1, -0.05) is 0 Å². The number of amides is 1. The van der Waals surface area contributed by atoms with E-state index in [1.165, 1.54) is 35.8 Å². The quantitative estimate of drug-likeness (QED) is 0.532. The highest BCUT2D eigenvalue weighted by molar-refractivity contribution is 7.09. The second kappa shape index (κ2) is 8.92. The summed E-state index contributed by atoms with van der Waals surface area (Å²) in [6, 6.07) is 5.03.